The molecule has 1 heterocycles. The highest BCUT2D eigenvalue weighted by Crippen LogP contribution is 2.36. The molecule has 1 aromatic rings. The third kappa shape index (κ3) is 4.58. The molecular weight excluding hydrogens is 295 g/mol. The molecule has 2 rings (SSSR count). The number of nitrogens with zero attached hydrogens (tertiary/aromatic N) is 1. The van der Waals surface area contributed by atoms with Crippen LogP contribution in [0.5, 0.6) is 11.5 Å². The lowest BCUT2D eigenvalue weighted by Gasteiger charge is -2.36. The van der Waals surface area contributed by atoms with Crippen molar-refractivity contribution in [3.05, 3.63) is 23.5 Å². The van der Waals surface area contributed by atoms with E-state index in [0.29, 0.717) is 23.0 Å². The predicted molar refractivity (Wildman–Crippen MR) is 90.8 cm³/mol. The minimum atomic E-state index is -0.213. The Hall–Kier alpha value is -1.33. The SMILES string of the molecule is COc1cc(F)c([C@@H](CCC(C)C)N2CCNCC2)cc1OC. The molecule has 0 aromatic heterocycles. The predicted octanol–water partition coefficient (Wildman–Crippen LogP) is 3.23. The van der Waals surface area contributed by atoms with Crippen molar-refractivity contribution in [2.75, 3.05) is 40.4 Å². The topological polar surface area (TPSA) is 33.7 Å². The van der Waals surface area contributed by atoms with Crippen LogP contribution in [0.3, 0.4) is 0 Å². The number of benzene rings is 1. The molecule has 1 N–H and O–H groups in total. The van der Waals surface area contributed by atoms with Gasteiger partial charge in [0.1, 0.15) is 5.82 Å². The van der Waals surface area contributed by atoms with Crippen molar-refractivity contribution in [2.45, 2.75) is 32.7 Å². The summed E-state index contributed by atoms with van der Waals surface area (Å²) in [6, 6.07) is 3.33. The van der Waals surface area contributed by atoms with Crippen molar-refractivity contribution in [1.82, 2.24) is 10.2 Å². The van der Waals surface area contributed by atoms with Gasteiger partial charge in [-0.05, 0) is 24.8 Å². The molecule has 0 spiro atoms. The average molecular weight is 324 g/mol. The summed E-state index contributed by atoms with van der Waals surface area (Å²) in [5, 5.41) is 3.36. The molecule has 5 heteroatoms. The van der Waals surface area contributed by atoms with Crippen LogP contribution in [0.2, 0.25) is 0 Å². The van der Waals surface area contributed by atoms with Crippen molar-refractivity contribution in [2.24, 2.45) is 5.92 Å². The van der Waals surface area contributed by atoms with Crippen molar-refractivity contribution >= 4 is 0 Å². The monoisotopic (exact) mass is 324 g/mol. The molecule has 0 amide bonds. The fourth-order valence-electron chi connectivity index (χ4n) is 3.15. The molecule has 130 valence electrons. The zero-order valence-electron chi connectivity index (χ0n) is 14.7. The molecule has 0 saturated carbocycles. The first kappa shape index (κ1) is 18.0. The summed E-state index contributed by atoms with van der Waals surface area (Å²) in [5.41, 5.74) is 0.713. The van der Waals surface area contributed by atoms with Gasteiger partial charge in [0.15, 0.2) is 11.5 Å². The Morgan fingerprint density at radius 2 is 1.70 bits per heavy atom. The van der Waals surface area contributed by atoms with Gasteiger partial charge in [-0.15, -0.1) is 0 Å². The van der Waals surface area contributed by atoms with Gasteiger partial charge in [0, 0.05) is 43.9 Å². The molecule has 1 aliphatic heterocycles. The second kappa shape index (κ2) is 8.50. The molecular formula is C18H29FN2O2. The Kier molecular flexibility index (Phi) is 6.66. The summed E-state index contributed by atoms with van der Waals surface area (Å²) in [7, 11) is 3.12. The quantitative estimate of drug-likeness (QED) is 0.835. The maximum atomic E-state index is 14.7. The van der Waals surface area contributed by atoms with E-state index < -0.39 is 0 Å². The van der Waals surface area contributed by atoms with Crippen molar-refractivity contribution < 1.29 is 13.9 Å². The van der Waals surface area contributed by atoms with E-state index in [4.69, 9.17) is 9.47 Å². The van der Waals surface area contributed by atoms with Gasteiger partial charge in [-0.1, -0.05) is 13.8 Å². The Bertz CT molecular complexity index is 502. The van der Waals surface area contributed by atoms with E-state index in [0.717, 1.165) is 39.0 Å². The lowest BCUT2D eigenvalue weighted by molar-refractivity contribution is 0.156. The number of methoxy groups -OCH3 is 2. The van der Waals surface area contributed by atoms with Gasteiger partial charge in [0.25, 0.3) is 0 Å². The van der Waals surface area contributed by atoms with Crippen LogP contribution >= 0.6 is 0 Å². The second-order valence-electron chi connectivity index (χ2n) is 6.50. The van der Waals surface area contributed by atoms with Crippen molar-refractivity contribution in [1.29, 1.82) is 0 Å². The van der Waals surface area contributed by atoms with E-state index >= 15 is 0 Å². The highest BCUT2D eigenvalue weighted by atomic mass is 19.1. The smallest absolute Gasteiger partial charge is 0.163 e. The summed E-state index contributed by atoms with van der Waals surface area (Å²) in [4.78, 5) is 2.38. The number of hydrogen-bond acceptors (Lipinski definition) is 4. The molecule has 1 atom stereocenters. The highest BCUT2D eigenvalue weighted by molar-refractivity contribution is 5.44. The number of piperazine rings is 1. The minimum absolute atomic E-state index is 0.0827. The highest BCUT2D eigenvalue weighted by Gasteiger charge is 2.26. The standard InChI is InChI=1S/C18H29FN2O2/c1-13(2)5-6-16(21-9-7-20-8-10-21)14-11-17(22-3)18(23-4)12-15(14)19/h11-13,16,20H,5-10H2,1-4H3/t16-/m1/s1. The molecule has 23 heavy (non-hydrogen) atoms. The summed E-state index contributed by atoms with van der Waals surface area (Å²) in [6.45, 7) is 8.20. The van der Waals surface area contributed by atoms with Crippen LogP contribution in [0.4, 0.5) is 4.39 Å². The summed E-state index contributed by atoms with van der Waals surface area (Å²) < 4.78 is 25.3. The molecule has 1 saturated heterocycles. The third-order valence-electron chi connectivity index (χ3n) is 4.47. The molecule has 0 aliphatic carbocycles. The van der Waals surface area contributed by atoms with E-state index in [9.17, 15) is 4.39 Å². The number of ether oxygens (including phenoxy) is 2. The van der Waals surface area contributed by atoms with Crippen LogP contribution in [-0.2, 0) is 0 Å². The molecule has 4 nitrogen and oxygen atoms in total. The Balaban J connectivity index is 2.32. The average Bonchev–Trinajstić information content (AvgIpc) is 2.56. The maximum Gasteiger partial charge on any atom is 0.163 e. The molecule has 1 fully saturated rings. The van der Waals surface area contributed by atoms with E-state index in [1.54, 1.807) is 13.2 Å². The van der Waals surface area contributed by atoms with Gasteiger partial charge in [-0.25, -0.2) is 4.39 Å². The second-order valence-corrected chi connectivity index (χ2v) is 6.50. The molecule has 1 aliphatic rings. The maximum absolute atomic E-state index is 14.7. The first-order valence-electron chi connectivity index (χ1n) is 8.43. The number of halogens is 1. The molecule has 1 aromatic carbocycles. The van der Waals surface area contributed by atoms with Gasteiger partial charge in [-0.2, -0.15) is 0 Å². The first-order chi connectivity index (χ1) is 11.1. The molecule has 0 radical (unpaired) electrons. The van der Waals surface area contributed by atoms with Crippen LogP contribution in [0, 0.1) is 11.7 Å². The summed E-state index contributed by atoms with van der Waals surface area (Å²) in [6.07, 6.45) is 2.02. The largest absolute Gasteiger partial charge is 0.493 e. The zero-order valence-corrected chi connectivity index (χ0v) is 14.7. The van der Waals surface area contributed by atoms with Gasteiger partial charge in [0.05, 0.1) is 14.2 Å². The minimum Gasteiger partial charge on any atom is -0.493 e. The van der Waals surface area contributed by atoms with Crippen LogP contribution in [0.1, 0.15) is 38.3 Å². The Morgan fingerprint density at radius 3 is 2.26 bits per heavy atom. The van der Waals surface area contributed by atoms with Gasteiger partial charge >= 0.3 is 0 Å². The normalized spacial score (nSPS) is 17.3. The number of hydrogen-bond donors (Lipinski definition) is 1. The molecule has 0 unspecified atom stereocenters. The molecule has 0 bridgehead atoms. The van der Waals surface area contributed by atoms with Crippen LogP contribution in [0.25, 0.3) is 0 Å². The van der Waals surface area contributed by atoms with E-state index in [1.165, 1.54) is 13.2 Å². The lowest BCUT2D eigenvalue weighted by Crippen LogP contribution is -2.45. The van der Waals surface area contributed by atoms with Gasteiger partial charge in [-0.3, -0.25) is 4.90 Å². The zero-order chi connectivity index (χ0) is 16.8. The fraction of sp³-hybridized carbons (Fsp3) is 0.667. The number of rotatable bonds is 7. The first-order valence-corrected chi connectivity index (χ1v) is 8.43. The summed E-state index contributed by atoms with van der Waals surface area (Å²) >= 11 is 0. The Morgan fingerprint density at radius 1 is 1.09 bits per heavy atom. The fourth-order valence-corrected chi connectivity index (χ4v) is 3.15. The van der Waals surface area contributed by atoms with Crippen molar-refractivity contribution in [3.63, 3.8) is 0 Å². The van der Waals surface area contributed by atoms with E-state index in [1.807, 2.05) is 0 Å². The Labute approximate surface area is 139 Å². The van der Waals surface area contributed by atoms with E-state index in [-0.39, 0.29) is 11.9 Å². The van der Waals surface area contributed by atoms with E-state index in [2.05, 4.69) is 24.1 Å². The van der Waals surface area contributed by atoms with Gasteiger partial charge in [0.2, 0.25) is 0 Å². The third-order valence-corrected chi connectivity index (χ3v) is 4.47. The number of nitrogens with one attached hydrogen (secondary N) is 1. The van der Waals surface area contributed by atoms with Crippen LogP contribution in [-0.4, -0.2) is 45.3 Å². The van der Waals surface area contributed by atoms with Crippen LogP contribution in [0.15, 0.2) is 12.1 Å². The van der Waals surface area contributed by atoms with Gasteiger partial charge < -0.3 is 14.8 Å². The summed E-state index contributed by atoms with van der Waals surface area (Å²) in [5.74, 6) is 1.42. The lowest BCUT2D eigenvalue weighted by atomic mass is 9.95. The van der Waals surface area contributed by atoms with Crippen molar-refractivity contribution in [3.8, 4) is 11.5 Å². The van der Waals surface area contributed by atoms with Crippen LogP contribution < -0.4 is 14.8 Å².